The summed E-state index contributed by atoms with van der Waals surface area (Å²) in [5, 5.41) is 9.83. The Morgan fingerprint density at radius 3 is 2.78 bits per heavy atom. The molecule has 0 aliphatic heterocycles. The zero-order valence-corrected chi connectivity index (χ0v) is 11.9. The molecule has 0 bridgehead atoms. The van der Waals surface area contributed by atoms with Crippen molar-refractivity contribution in [1.82, 2.24) is 10.6 Å². The number of amides is 2. The van der Waals surface area contributed by atoms with Gasteiger partial charge in [-0.05, 0) is 41.8 Å². The first-order valence-electron chi connectivity index (χ1n) is 5.83. The summed E-state index contributed by atoms with van der Waals surface area (Å²) in [6, 6.07) is 6.08. The van der Waals surface area contributed by atoms with E-state index in [1.807, 2.05) is 11.4 Å². The van der Waals surface area contributed by atoms with Crippen molar-refractivity contribution < 1.29 is 4.79 Å². The van der Waals surface area contributed by atoms with Gasteiger partial charge in [0.1, 0.15) is 0 Å². The molecule has 0 atom stereocenters. The van der Waals surface area contributed by atoms with E-state index in [-0.39, 0.29) is 6.03 Å². The highest BCUT2D eigenvalue weighted by molar-refractivity contribution is 7.10. The van der Waals surface area contributed by atoms with Gasteiger partial charge in [0, 0.05) is 16.3 Å². The summed E-state index contributed by atoms with van der Waals surface area (Å²) in [7, 11) is 0. The summed E-state index contributed by atoms with van der Waals surface area (Å²) in [5.74, 6) is 0. The Hall–Kier alpha value is -1.33. The van der Waals surface area contributed by atoms with Crippen molar-refractivity contribution in [2.24, 2.45) is 0 Å². The maximum absolute atomic E-state index is 11.6. The van der Waals surface area contributed by atoms with Crippen LogP contribution in [0.3, 0.4) is 0 Å². The second-order valence-corrected chi connectivity index (χ2v) is 6.00. The number of thiophene rings is 2. The standard InChI is InChI=1S/C13H16N2OS2/c1-10-5-8-18-12(10)9-15-13(16)14-6-4-11-3-2-7-17-11/h2-3,5,7-8H,4,6,9H2,1H3,(H2,14,15,16). The van der Waals surface area contributed by atoms with Crippen molar-refractivity contribution >= 4 is 28.7 Å². The Kier molecular flexibility index (Phi) is 4.78. The fourth-order valence-corrected chi connectivity index (χ4v) is 3.12. The quantitative estimate of drug-likeness (QED) is 0.868. The van der Waals surface area contributed by atoms with Gasteiger partial charge in [0.05, 0.1) is 6.54 Å². The lowest BCUT2D eigenvalue weighted by atomic mass is 10.3. The van der Waals surface area contributed by atoms with Gasteiger partial charge < -0.3 is 10.6 Å². The minimum atomic E-state index is -0.0978. The monoisotopic (exact) mass is 280 g/mol. The molecule has 2 heterocycles. The van der Waals surface area contributed by atoms with Crippen molar-refractivity contribution in [1.29, 1.82) is 0 Å². The van der Waals surface area contributed by atoms with Crippen LogP contribution in [-0.2, 0) is 13.0 Å². The first-order chi connectivity index (χ1) is 8.75. The van der Waals surface area contributed by atoms with E-state index in [0.717, 1.165) is 6.42 Å². The van der Waals surface area contributed by atoms with Crippen LogP contribution in [-0.4, -0.2) is 12.6 Å². The average Bonchev–Trinajstić information content (AvgIpc) is 2.98. The lowest BCUT2D eigenvalue weighted by Gasteiger charge is -2.06. The summed E-state index contributed by atoms with van der Waals surface area (Å²) in [6.07, 6.45) is 0.892. The largest absolute Gasteiger partial charge is 0.338 e. The normalized spacial score (nSPS) is 10.3. The molecule has 0 saturated carbocycles. The molecule has 2 aromatic heterocycles. The van der Waals surface area contributed by atoms with Crippen molar-refractivity contribution in [2.75, 3.05) is 6.54 Å². The van der Waals surface area contributed by atoms with Gasteiger partial charge in [-0.2, -0.15) is 0 Å². The van der Waals surface area contributed by atoms with E-state index < -0.39 is 0 Å². The highest BCUT2D eigenvalue weighted by atomic mass is 32.1. The zero-order chi connectivity index (χ0) is 12.8. The predicted octanol–water partition coefficient (Wildman–Crippen LogP) is 3.16. The van der Waals surface area contributed by atoms with Crippen LogP contribution in [0.4, 0.5) is 4.79 Å². The van der Waals surface area contributed by atoms with Crippen molar-refractivity contribution in [2.45, 2.75) is 19.9 Å². The molecule has 0 saturated heterocycles. The molecule has 0 fully saturated rings. The van der Waals surface area contributed by atoms with E-state index in [2.05, 4.69) is 35.1 Å². The van der Waals surface area contributed by atoms with E-state index in [0.29, 0.717) is 13.1 Å². The molecule has 2 amide bonds. The van der Waals surface area contributed by atoms with Crippen LogP contribution in [0.25, 0.3) is 0 Å². The molecule has 2 rings (SSSR count). The lowest BCUT2D eigenvalue weighted by Crippen LogP contribution is -2.36. The van der Waals surface area contributed by atoms with Gasteiger partial charge in [-0.3, -0.25) is 0 Å². The Labute approximate surface area is 115 Å². The van der Waals surface area contributed by atoms with Crippen LogP contribution >= 0.6 is 22.7 Å². The minimum Gasteiger partial charge on any atom is -0.338 e. The molecule has 2 aromatic rings. The summed E-state index contributed by atoms with van der Waals surface area (Å²) in [6.45, 7) is 3.34. The molecule has 0 aliphatic carbocycles. The van der Waals surface area contributed by atoms with Gasteiger partial charge in [-0.25, -0.2) is 4.79 Å². The maximum atomic E-state index is 11.6. The summed E-state index contributed by atoms with van der Waals surface area (Å²) in [5.41, 5.74) is 1.24. The fraction of sp³-hybridized carbons (Fsp3) is 0.308. The smallest absolute Gasteiger partial charge is 0.315 e. The number of urea groups is 1. The Balaban J connectivity index is 1.65. The summed E-state index contributed by atoms with van der Waals surface area (Å²) in [4.78, 5) is 14.1. The molecule has 0 aliphatic rings. The fourth-order valence-electron chi connectivity index (χ4n) is 1.56. The third kappa shape index (κ3) is 3.85. The van der Waals surface area contributed by atoms with Gasteiger partial charge in [0.25, 0.3) is 0 Å². The first kappa shape index (κ1) is 13.1. The predicted molar refractivity (Wildman–Crippen MR) is 77.3 cm³/mol. The number of nitrogens with one attached hydrogen (secondary N) is 2. The van der Waals surface area contributed by atoms with Gasteiger partial charge >= 0.3 is 6.03 Å². The summed E-state index contributed by atoms with van der Waals surface area (Å²) < 4.78 is 0. The Morgan fingerprint density at radius 2 is 2.11 bits per heavy atom. The molecular weight excluding hydrogens is 264 g/mol. The van der Waals surface area contributed by atoms with Gasteiger partial charge in [-0.1, -0.05) is 6.07 Å². The van der Waals surface area contributed by atoms with Gasteiger partial charge in [0.2, 0.25) is 0 Å². The van der Waals surface area contributed by atoms with E-state index in [1.165, 1.54) is 15.3 Å². The molecule has 18 heavy (non-hydrogen) atoms. The van der Waals surface area contributed by atoms with Crippen LogP contribution in [0.5, 0.6) is 0 Å². The maximum Gasteiger partial charge on any atom is 0.315 e. The number of carbonyl (C=O) groups is 1. The molecule has 0 radical (unpaired) electrons. The molecule has 3 nitrogen and oxygen atoms in total. The molecule has 2 N–H and O–H groups in total. The molecule has 0 unspecified atom stereocenters. The highest BCUT2D eigenvalue weighted by Crippen LogP contribution is 2.14. The van der Waals surface area contributed by atoms with Crippen LogP contribution in [0, 0.1) is 6.92 Å². The van der Waals surface area contributed by atoms with Gasteiger partial charge in [-0.15, -0.1) is 22.7 Å². The highest BCUT2D eigenvalue weighted by Gasteiger charge is 2.03. The third-order valence-corrected chi connectivity index (χ3v) is 4.57. The molecule has 96 valence electrons. The topological polar surface area (TPSA) is 41.1 Å². The van der Waals surface area contributed by atoms with Crippen LogP contribution in [0.2, 0.25) is 0 Å². The SMILES string of the molecule is Cc1ccsc1CNC(=O)NCCc1cccs1. The number of carbonyl (C=O) groups excluding carboxylic acids is 1. The van der Waals surface area contributed by atoms with E-state index in [1.54, 1.807) is 22.7 Å². The lowest BCUT2D eigenvalue weighted by molar-refractivity contribution is 0.240. The number of aryl methyl sites for hydroxylation is 1. The zero-order valence-electron chi connectivity index (χ0n) is 10.2. The molecule has 5 heteroatoms. The number of hydrogen-bond acceptors (Lipinski definition) is 3. The van der Waals surface area contributed by atoms with Crippen LogP contribution in [0.15, 0.2) is 29.0 Å². The first-order valence-corrected chi connectivity index (χ1v) is 7.58. The summed E-state index contributed by atoms with van der Waals surface area (Å²) >= 11 is 3.39. The number of rotatable bonds is 5. The molecule has 0 spiro atoms. The van der Waals surface area contributed by atoms with E-state index in [4.69, 9.17) is 0 Å². The third-order valence-electron chi connectivity index (χ3n) is 2.61. The van der Waals surface area contributed by atoms with Crippen LogP contribution in [0.1, 0.15) is 15.3 Å². The van der Waals surface area contributed by atoms with E-state index in [9.17, 15) is 4.79 Å². The second-order valence-electron chi connectivity index (χ2n) is 3.97. The molecular formula is C13H16N2OS2. The molecule has 0 aromatic carbocycles. The van der Waals surface area contributed by atoms with Crippen molar-refractivity contribution in [3.63, 3.8) is 0 Å². The van der Waals surface area contributed by atoms with E-state index >= 15 is 0 Å². The Bertz CT molecular complexity index is 491. The van der Waals surface area contributed by atoms with Crippen molar-refractivity contribution in [3.8, 4) is 0 Å². The average molecular weight is 280 g/mol. The van der Waals surface area contributed by atoms with Crippen molar-refractivity contribution in [3.05, 3.63) is 44.3 Å². The second kappa shape index (κ2) is 6.56. The number of hydrogen-bond donors (Lipinski definition) is 2. The Morgan fingerprint density at radius 1 is 1.22 bits per heavy atom. The minimum absolute atomic E-state index is 0.0978. The van der Waals surface area contributed by atoms with Gasteiger partial charge in [0.15, 0.2) is 0 Å². The van der Waals surface area contributed by atoms with Crippen LogP contribution < -0.4 is 10.6 Å².